The molecule has 0 aromatic heterocycles. The van der Waals surface area contributed by atoms with E-state index in [1.807, 2.05) is 6.07 Å². The molecule has 1 aliphatic heterocycles. The second-order valence-electron chi connectivity index (χ2n) is 6.74. The Morgan fingerprint density at radius 3 is 2.62 bits per heavy atom. The molecule has 2 fully saturated rings. The molecule has 1 saturated carbocycles. The van der Waals surface area contributed by atoms with Crippen LogP contribution in [-0.4, -0.2) is 19.6 Å². The molecule has 1 aliphatic carbocycles. The van der Waals surface area contributed by atoms with Gasteiger partial charge in [-0.05, 0) is 62.3 Å². The standard InChI is InChI=1S/C18H27FN2/c1-3-9-20-13(2)14-7-8-18(17(19)10-14)21-11-15-5-4-6-16(15)12-21/h7-8,10,13,15-16,20H,3-6,9,11-12H2,1-2H3. The van der Waals surface area contributed by atoms with Crippen molar-refractivity contribution in [1.29, 1.82) is 0 Å². The van der Waals surface area contributed by atoms with Gasteiger partial charge in [0.15, 0.2) is 0 Å². The normalized spacial score (nSPS) is 26.1. The fraction of sp³-hybridized carbons (Fsp3) is 0.667. The molecule has 0 amide bonds. The van der Waals surface area contributed by atoms with Crippen LogP contribution in [0.2, 0.25) is 0 Å². The van der Waals surface area contributed by atoms with Gasteiger partial charge in [-0.25, -0.2) is 4.39 Å². The van der Waals surface area contributed by atoms with Gasteiger partial charge in [-0.15, -0.1) is 0 Å². The third-order valence-electron chi connectivity index (χ3n) is 5.24. The molecule has 3 unspecified atom stereocenters. The van der Waals surface area contributed by atoms with Gasteiger partial charge < -0.3 is 10.2 Å². The Morgan fingerprint density at radius 2 is 2.00 bits per heavy atom. The van der Waals surface area contributed by atoms with E-state index in [1.54, 1.807) is 6.07 Å². The van der Waals surface area contributed by atoms with Crippen LogP contribution in [0, 0.1) is 17.7 Å². The minimum absolute atomic E-state index is 0.0578. The average Bonchev–Trinajstić information content (AvgIpc) is 3.05. The van der Waals surface area contributed by atoms with Gasteiger partial charge in [-0.1, -0.05) is 19.4 Å². The summed E-state index contributed by atoms with van der Waals surface area (Å²) in [7, 11) is 0. The zero-order valence-electron chi connectivity index (χ0n) is 13.2. The molecule has 3 rings (SSSR count). The van der Waals surface area contributed by atoms with E-state index >= 15 is 0 Å². The van der Waals surface area contributed by atoms with Crippen LogP contribution < -0.4 is 10.2 Å². The molecule has 3 heteroatoms. The summed E-state index contributed by atoms with van der Waals surface area (Å²) in [5, 5.41) is 3.42. The Hall–Kier alpha value is -1.09. The Morgan fingerprint density at radius 1 is 1.29 bits per heavy atom. The second kappa shape index (κ2) is 6.35. The Kier molecular flexibility index (Phi) is 4.48. The van der Waals surface area contributed by atoms with E-state index in [0.717, 1.165) is 49.1 Å². The highest BCUT2D eigenvalue weighted by Gasteiger charge is 2.36. The summed E-state index contributed by atoms with van der Waals surface area (Å²) in [6.45, 7) is 7.31. The molecule has 116 valence electrons. The number of benzene rings is 1. The number of hydrogen-bond donors (Lipinski definition) is 1. The lowest BCUT2D eigenvalue weighted by molar-refractivity contribution is 0.494. The summed E-state index contributed by atoms with van der Waals surface area (Å²) >= 11 is 0. The maximum absolute atomic E-state index is 14.5. The van der Waals surface area contributed by atoms with Crippen molar-refractivity contribution in [2.24, 2.45) is 11.8 Å². The molecule has 1 N–H and O–H groups in total. The molecule has 21 heavy (non-hydrogen) atoms. The Balaban J connectivity index is 1.70. The van der Waals surface area contributed by atoms with E-state index in [-0.39, 0.29) is 11.9 Å². The first-order valence-electron chi connectivity index (χ1n) is 8.46. The molecule has 0 radical (unpaired) electrons. The minimum Gasteiger partial charge on any atom is -0.369 e. The lowest BCUT2D eigenvalue weighted by Crippen LogP contribution is -2.23. The number of halogens is 1. The lowest BCUT2D eigenvalue weighted by Gasteiger charge is -2.22. The number of anilines is 1. The van der Waals surface area contributed by atoms with Crippen molar-refractivity contribution < 1.29 is 4.39 Å². The van der Waals surface area contributed by atoms with Crippen molar-refractivity contribution in [3.05, 3.63) is 29.6 Å². The molecule has 3 atom stereocenters. The van der Waals surface area contributed by atoms with Crippen molar-refractivity contribution in [1.82, 2.24) is 5.32 Å². The van der Waals surface area contributed by atoms with Crippen LogP contribution in [0.4, 0.5) is 10.1 Å². The van der Waals surface area contributed by atoms with Crippen LogP contribution in [0.15, 0.2) is 18.2 Å². The fourth-order valence-electron chi connectivity index (χ4n) is 3.96. The minimum atomic E-state index is -0.0578. The van der Waals surface area contributed by atoms with Crippen LogP contribution in [0.1, 0.15) is 51.1 Å². The predicted molar refractivity (Wildman–Crippen MR) is 86.2 cm³/mol. The van der Waals surface area contributed by atoms with Gasteiger partial charge in [0.25, 0.3) is 0 Å². The molecule has 2 aliphatic rings. The average molecular weight is 290 g/mol. The van der Waals surface area contributed by atoms with E-state index in [1.165, 1.54) is 19.3 Å². The van der Waals surface area contributed by atoms with Crippen molar-refractivity contribution >= 4 is 5.69 Å². The van der Waals surface area contributed by atoms with Crippen LogP contribution in [0.25, 0.3) is 0 Å². The van der Waals surface area contributed by atoms with Gasteiger partial charge in [-0.2, -0.15) is 0 Å². The van der Waals surface area contributed by atoms with Gasteiger partial charge in [0.05, 0.1) is 5.69 Å². The first kappa shape index (κ1) is 14.8. The summed E-state index contributed by atoms with van der Waals surface area (Å²) in [5.74, 6) is 1.54. The van der Waals surface area contributed by atoms with E-state index in [4.69, 9.17) is 0 Å². The number of nitrogens with one attached hydrogen (secondary N) is 1. The van der Waals surface area contributed by atoms with Crippen molar-refractivity contribution in [2.75, 3.05) is 24.5 Å². The number of nitrogens with zero attached hydrogens (tertiary/aromatic N) is 1. The molecule has 0 spiro atoms. The summed E-state index contributed by atoms with van der Waals surface area (Å²) in [6, 6.07) is 6.00. The summed E-state index contributed by atoms with van der Waals surface area (Å²) in [4.78, 5) is 2.26. The molecular formula is C18H27FN2. The third-order valence-corrected chi connectivity index (χ3v) is 5.24. The van der Waals surface area contributed by atoms with E-state index in [2.05, 4.69) is 30.1 Å². The van der Waals surface area contributed by atoms with E-state index in [9.17, 15) is 4.39 Å². The second-order valence-corrected chi connectivity index (χ2v) is 6.74. The highest BCUT2D eigenvalue weighted by atomic mass is 19.1. The molecule has 2 nitrogen and oxygen atoms in total. The molecule has 0 bridgehead atoms. The molecule has 1 aromatic carbocycles. The summed E-state index contributed by atoms with van der Waals surface area (Å²) < 4.78 is 14.5. The zero-order valence-corrected chi connectivity index (χ0v) is 13.2. The third kappa shape index (κ3) is 3.08. The van der Waals surface area contributed by atoms with Crippen molar-refractivity contribution in [3.8, 4) is 0 Å². The number of hydrogen-bond acceptors (Lipinski definition) is 2. The van der Waals surface area contributed by atoms with Gasteiger partial charge in [0.1, 0.15) is 5.82 Å². The lowest BCUT2D eigenvalue weighted by atomic mass is 10.0. The maximum Gasteiger partial charge on any atom is 0.146 e. The maximum atomic E-state index is 14.5. The molecular weight excluding hydrogens is 263 g/mol. The van der Waals surface area contributed by atoms with Gasteiger partial charge >= 0.3 is 0 Å². The smallest absolute Gasteiger partial charge is 0.146 e. The van der Waals surface area contributed by atoms with Gasteiger partial charge in [0, 0.05) is 19.1 Å². The highest BCUT2D eigenvalue weighted by Crippen LogP contribution is 2.40. The molecule has 1 heterocycles. The monoisotopic (exact) mass is 290 g/mol. The van der Waals surface area contributed by atoms with Crippen LogP contribution in [-0.2, 0) is 0 Å². The van der Waals surface area contributed by atoms with Gasteiger partial charge in [0.2, 0.25) is 0 Å². The van der Waals surface area contributed by atoms with Gasteiger partial charge in [-0.3, -0.25) is 0 Å². The molecule has 1 aromatic rings. The van der Waals surface area contributed by atoms with Crippen molar-refractivity contribution in [3.63, 3.8) is 0 Å². The quantitative estimate of drug-likeness (QED) is 0.877. The molecule has 1 saturated heterocycles. The zero-order chi connectivity index (χ0) is 14.8. The SMILES string of the molecule is CCCNC(C)c1ccc(N2CC3CCCC3C2)c(F)c1. The number of rotatable bonds is 5. The topological polar surface area (TPSA) is 15.3 Å². The Labute approximate surface area is 127 Å². The van der Waals surface area contributed by atoms with Crippen molar-refractivity contribution in [2.45, 2.75) is 45.6 Å². The van der Waals surface area contributed by atoms with E-state index < -0.39 is 0 Å². The van der Waals surface area contributed by atoms with Crippen LogP contribution >= 0.6 is 0 Å². The first-order valence-corrected chi connectivity index (χ1v) is 8.46. The first-order chi connectivity index (χ1) is 10.2. The predicted octanol–water partition coefficient (Wildman–Crippen LogP) is 4.12. The summed E-state index contributed by atoms with van der Waals surface area (Å²) in [5.41, 5.74) is 1.85. The summed E-state index contributed by atoms with van der Waals surface area (Å²) in [6.07, 6.45) is 5.13. The van der Waals surface area contributed by atoms with Crippen LogP contribution in [0.3, 0.4) is 0 Å². The number of fused-ring (bicyclic) bond motifs is 1. The fourth-order valence-corrected chi connectivity index (χ4v) is 3.96. The largest absolute Gasteiger partial charge is 0.369 e. The Bertz CT molecular complexity index is 476. The van der Waals surface area contributed by atoms with E-state index in [0.29, 0.717) is 0 Å². The van der Waals surface area contributed by atoms with Crippen LogP contribution in [0.5, 0.6) is 0 Å². The highest BCUT2D eigenvalue weighted by molar-refractivity contribution is 5.50.